The minimum Gasteiger partial charge on any atom is -0.462 e. The number of hydrogen-bond donors (Lipinski definition) is 1. The van der Waals surface area contributed by atoms with Gasteiger partial charge in [0.05, 0.1) is 17.9 Å². The van der Waals surface area contributed by atoms with Crippen molar-refractivity contribution in [2.45, 2.75) is 20.3 Å². The van der Waals surface area contributed by atoms with Crippen molar-refractivity contribution < 1.29 is 14.3 Å². The lowest BCUT2D eigenvalue weighted by atomic mass is 10.1. The molecule has 2 aromatic carbocycles. The highest BCUT2D eigenvalue weighted by Gasteiger charge is 2.15. The number of benzene rings is 2. The molecule has 110 valence electrons. The first kappa shape index (κ1) is 14.9. The molecule has 0 amide bonds. The maximum atomic E-state index is 11.8. The minimum absolute atomic E-state index is 0.293. The Labute approximate surface area is 124 Å². The number of rotatable bonds is 5. The lowest BCUT2D eigenvalue weighted by molar-refractivity contribution is 0.0527. The van der Waals surface area contributed by atoms with E-state index in [1.54, 1.807) is 25.1 Å². The minimum atomic E-state index is -0.441. The van der Waals surface area contributed by atoms with Gasteiger partial charge in [0.25, 0.3) is 0 Å². The Morgan fingerprint density at radius 1 is 1.05 bits per heavy atom. The molecule has 0 aliphatic rings. The van der Waals surface area contributed by atoms with Gasteiger partial charge in [0, 0.05) is 0 Å². The molecule has 2 rings (SSSR count). The SMILES string of the molecule is CCOC(=O)c1cccc(Oc2ccccc2CC)c1N. The van der Waals surface area contributed by atoms with E-state index in [-0.39, 0.29) is 0 Å². The molecule has 0 aliphatic heterocycles. The predicted molar refractivity (Wildman–Crippen MR) is 82.7 cm³/mol. The van der Waals surface area contributed by atoms with Gasteiger partial charge in [-0.2, -0.15) is 0 Å². The fraction of sp³-hybridized carbons (Fsp3) is 0.235. The van der Waals surface area contributed by atoms with Gasteiger partial charge < -0.3 is 15.2 Å². The van der Waals surface area contributed by atoms with Gasteiger partial charge in [0.15, 0.2) is 5.75 Å². The van der Waals surface area contributed by atoms with Gasteiger partial charge in [-0.1, -0.05) is 31.2 Å². The smallest absolute Gasteiger partial charge is 0.340 e. The molecule has 4 nitrogen and oxygen atoms in total. The predicted octanol–water partition coefficient (Wildman–Crippen LogP) is 3.80. The molecule has 4 heteroatoms. The van der Waals surface area contributed by atoms with Crippen molar-refractivity contribution in [2.24, 2.45) is 0 Å². The second-order valence-corrected chi connectivity index (χ2v) is 4.50. The number of esters is 1. The summed E-state index contributed by atoms with van der Waals surface area (Å²) in [6.45, 7) is 4.12. The third kappa shape index (κ3) is 3.34. The second kappa shape index (κ2) is 6.79. The van der Waals surface area contributed by atoms with Crippen LogP contribution in [0.1, 0.15) is 29.8 Å². The largest absolute Gasteiger partial charge is 0.462 e. The van der Waals surface area contributed by atoms with Crippen LogP contribution in [0.25, 0.3) is 0 Å². The monoisotopic (exact) mass is 285 g/mol. The summed E-state index contributed by atoms with van der Waals surface area (Å²) in [5.74, 6) is 0.762. The van der Waals surface area contributed by atoms with Crippen molar-refractivity contribution in [1.82, 2.24) is 0 Å². The third-order valence-electron chi connectivity index (χ3n) is 3.13. The highest BCUT2D eigenvalue weighted by molar-refractivity contribution is 5.96. The standard InChI is InChI=1S/C17H19NO3/c1-3-12-8-5-6-10-14(12)21-15-11-7-9-13(16(15)18)17(19)20-4-2/h5-11H,3-4,18H2,1-2H3. The molecule has 2 aromatic rings. The highest BCUT2D eigenvalue weighted by Crippen LogP contribution is 2.32. The Morgan fingerprint density at radius 2 is 1.76 bits per heavy atom. The summed E-state index contributed by atoms with van der Waals surface area (Å²) >= 11 is 0. The average Bonchev–Trinajstić information content (AvgIpc) is 2.50. The van der Waals surface area contributed by atoms with Crippen LogP contribution in [0.5, 0.6) is 11.5 Å². The molecule has 21 heavy (non-hydrogen) atoms. The van der Waals surface area contributed by atoms with Gasteiger partial charge in [-0.05, 0) is 37.1 Å². The summed E-state index contributed by atoms with van der Waals surface area (Å²) in [5, 5.41) is 0. The van der Waals surface area contributed by atoms with Gasteiger partial charge >= 0.3 is 5.97 Å². The van der Waals surface area contributed by atoms with E-state index < -0.39 is 5.97 Å². The zero-order chi connectivity index (χ0) is 15.2. The van der Waals surface area contributed by atoms with Gasteiger partial charge in [0.2, 0.25) is 0 Å². The number of nitrogens with two attached hydrogens (primary N) is 1. The van der Waals surface area contributed by atoms with Gasteiger partial charge in [-0.15, -0.1) is 0 Å². The van der Waals surface area contributed by atoms with Crippen molar-refractivity contribution in [3.63, 3.8) is 0 Å². The van der Waals surface area contributed by atoms with Crippen LogP contribution in [-0.2, 0) is 11.2 Å². The van der Waals surface area contributed by atoms with E-state index in [1.165, 1.54) is 0 Å². The molecule has 0 saturated carbocycles. The van der Waals surface area contributed by atoms with E-state index in [0.29, 0.717) is 23.6 Å². The molecular weight excluding hydrogens is 266 g/mol. The quantitative estimate of drug-likeness (QED) is 0.670. The van der Waals surface area contributed by atoms with Crippen molar-refractivity contribution in [3.05, 3.63) is 53.6 Å². The molecule has 0 spiro atoms. The number of carbonyl (C=O) groups is 1. The first-order chi connectivity index (χ1) is 10.2. The molecule has 2 N–H and O–H groups in total. The van der Waals surface area contributed by atoms with Crippen LogP contribution in [-0.4, -0.2) is 12.6 Å². The molecule has 0 bridgehead atoms. The Hall–Kier alpha value is -2.49. The fourth-order valence-corrected chi connectivity index (χ4v) is 2.03. The van der Waals surface area contributed by atoms with Gasteiger partial charge in [-0.3, -0.25) is 0 Å². The van der Waals surface area contributed by atoms with Gasteiger partial charge in [0.1, 0.15) is 5.75 Å². The van der Waals surface area contributed by atoms with Crippen LogP contribution in [0, 0.1) is 0 Å². The summed E-state index contributed by atoms with van der Waals surface area (Å²) in [6, 6.07) is 12.9. The summed E-state index contributed by atoms with van der Waals surface area (Å²) in [4.78, 5) is 11.8. The molecule has 0 saturated heterocycles. The third-order valence-corrected chi connectivity index (χ3v) is 3.13. The molecule has 0 aliphatic carbocycles. The lowest BCUT2D eigenvalue weighted by Crippen LogP contribution is -2.08. The maximum absolute atomic E-state index is 11.8. The average molecular weight is 285 g/mol. The van der Waals surface area contributed by atoms with Crippen molar-refractivity contribution in [3.8, 4) is 11.5 Å². The Bertz CT molecular complexity index is 638. The Morgan fingerprint density at radius 3 is 2.48 bits per heavy atom. The molecule has 0 atom stereocenters. The van der Waals surface area contributed by atoms with Gasteiger partial charge in [-0.25, -0.2) is 4.79 Å². The summed E-state index contributed by atoms with van der Waals surface area (Å²) in [7, 11) is 0. The summed E-state index contributed by atoms with van der Waals surface area (Å²) in [5.41, 5.74) is 7.73. The summed E-state index contributed by atoms with van der Waals surface area (Å²) in [6.07, 6.45) is 0.855. The molecule has 0 unspecified atom stereocenters. The number of hydrogen-bond acceptors (Lipinski definition) is 4. The topological polar surface area (TPSA) is 61.5 Å². The lowest BCUT2D eigenvalue weighted by Gasteiger charge is -2.13. The first-order valence-electron chi connectivity index (χ1n) is 6.98. The normalized spacial score (nSPS) is 10.2. The number of nitrogen functional groups attached to an aromatic ring is 1. The highest BCUT2D eigenvalue weighted by atomic mass is 16.5. The number of para-hydroxylation sites is 2. The number of anilines is 1. The van der Waals surface area contributed by atoms with Crippen LogP contribution in [0.3, 0.4) is 0 Å². The van der Waals surface area contributed by atoms with Crippen molar-refractivity contribution >= 4 is 11.7 Å². The van der Waals surface area contributed by atoms with Crippen LogP contribution < -0.4 is 10.5 Å². The molecule has 0 fully saturated rings. The second-order valence-electron chi connectivity index (χ2n) is 4.50. The van der Waals surface area contributed by atoms with Crippen molar-refractivity contribution in [2.75, 3.05) is 12.3 Å². The molecular formula is C17H19NO3. The van der Waals surface area contributed by atoms with E-state index in [0.717, 1.165) is 17.7 Å². The number of ether oxygens (including phenoxy) is 2. The molecule has 0 radical (unpaired) electrons. The van der Waals surface area contributed by atoms with E-state index in [2.05, 4.69) is 6.92 Å². The van der Waals surface area contributed by atoms with Crippen LogP contribution >= 0.6 is 0 Å². The Kier molecular flexibility index (Phi) is 4.82. The molecule has 0 aromatic heterocycles. The van der Waals surface area contributed by atoms with Crippen molar-refractivity contribution in [1.29, 1.82) is 0 Å². The maximum Gasteiger partial charge on any atom is 0.340 e. The van der Waals surface area contributed by atoms with Crippen LogP contribution in [0.4, 0.5) is 5.69 Å². The number of aryl methyl sites for hydroxylation is 1. The zero-order valence-corrected chi connectivity index (χ0v) is 12.3. The van der Waals surface area contributed by atoms with E-state index in [1.807, 2.05) is 24.3 Å². The van der Waals surface area contributed by atoms with Crippen LogP contribution in [0.15, 0.2) is 42.5 Å². The Balaban J connectivity index is 2.33. The first-order valence-corrected chi connectivity index (χ1v) is 6.98. The zero-order valence-electron chi connectivity index (χ0n) is 12.3. The van der Waals surface area contributed by atoms with E-state index in [9.17, 15) is 4.79 Å². The van der Waals surface area contributed by atoms with E-state index >= 15 is 0 Å². The molecule has 0 heterocycles. The fourth-order valence-electron chi connectivity index (χ4n) is 2.03. The van der Waals surface area contributed by atoms with E-state index in [4.69, 9.17) is 15.2 Å². The number of carbonyl (C=O) groups excluding carboxylic acids is 1. The summed E-state index contributed by atoms with van der Waals surface area (Å²) < 4.78 is 10.9. The van der Waals surface area contributed by atoms with Crippen LogP contribution in [0.2, 0.25) is 0 Å².